The number of hydrogen-bond donors (Lipinski definition) is 0. The van der Waals surface area contributed by atoms with Gasteiger partial charge < -0.3 is 4.74 Å². The lowest BCUT2D eigenvalue weighted by Crippen LogP contribution is -2.54. The molecule has 3 heteroatoms. The van der Waals surface area contributed by atoms with Gasteiger partial charge in [-0.2, -0.15) is 0 Å². The number of Topliss-reactive ketones (excluding diaryl/α,β-unsaturated/α-hetero) is 1. The highest BCUT2D eigenvalue weighted by molar-refractivity contribution is 6.32. The minimum Gasteiger partial charge on any atom is -0.486 e. The van der Waals surface area contributed by atoms with Crippen LogP contribution in [0, 0.1) is 11.8 Å². The third-order valence-corrected chi connectivity index (χ3v) is 5.97. The lowest BCUT2D eigenvalue weighted by molar-refractivity contribution is -0.0721. The van der Waals surface area contributed by atoms with Gasteiger partial charge in [0.05, 0.1) is 12.0 Å². The highest BCUT2D eigenvalue weighted by Gasteiger charge is 2.51. The standard InChI is InChI=1S/C18H23BO2/c19-13-7-8-17-14(10-13)16(20)11-18(21-17)9-3-5-12-4-1-2-6-15(12)18/h7-8,10,12,15H,1-6,9,11,19H2. The van der Waals surface area contributed by atoms with E-state index in [0.29, 0.717) is 18.1 Å². The fraction of sp³-hybridized carbons (Fsp3) is 0.611. The summed E-state index contributed by atoms with van der Waals surface area (Å²) in [7, 11) is 2.04. The second-order valence-corrected chi connectivity index (χ2v) is 7.31. The predicted molar refractivity (Wildman–Crippen MR) is 86.2 cm³/mol. The van der Waals surface area contributed by atoms with Crippen molar-refractivity contribution in [3.8, 4) is 5.75 Å². The van der Waals surface area contributed by atoms with E-state index in [2.05, 4.69) is 6.07 Å². The molecule has 21 heavy (non-hydrogen) atoms. The Morgan fingerprint density at radius 1 is 1.14 bits per heavy atom. The summed E-state index contributed by atoms with van der Waals surface area (Å²) in [5, 5.41) is 0. The fourth-order valence-electron chi connectivity index (χ4n) is 5.01. The molecule has 1 aromatic rings. The molecule has 0 saturated heterocycles. The molecule has 110 valence electrons. The summed E-state index contributed by atoms with van der Waals surface area (Å²) in [6.07, 6.45) is 9.48. The largest absolute Gasteiger partial charge is 0.486 e. The Morgan fingerprint density at radius 2 is 1.95 bits per heavy atom. The van der Waals surface area contributed by atoms with E-state index in [-0.39, 0.29) is 5.60 Å². The Balaban J connectivity index is 1.72. The van der Waals surface area contributed by atoms with Gasteiger partial charge in [0.2, 0.25) is 0 Å². The Bertz CT molecular complexity index is 581. The molecule has 1 aromatic carbocycles. The molecule has 3 unspecified atom stereocenters. The first-order chi connectivity index (χ1) is 10.2. The maximum Gasteiger partial charge on any atom is 0.170 e. The summed E-state index contributed by atoms with van der Waals surface area (Å²) in [5.74, 6) is 2.51. The van der Waals surface area contributed by atoms with Crippen LogP contribution in [0.1, 0.15) is 61.7 Å². The number of ketones is 1. The molecule has 2 fully saturated rings. The van der Waals surface area contributed by atoms with E-state index in [4.69, 9.17) is 4.74 Å². The van der Waals surface area contributed by atoms with Crippen molar-refractivity contribution >= 4 is 19.1 Å². The number of benzene rings is 1. The fourth-order valence-corrected chi connectivity index (χ4v) is 5.01. The molecule has 3 aliphatic rings. The van der Waals surface area contributed by atoms with Gasteiger partial charge in [0.1, 0.15) is 19.2 Å². The average Bonchev–Trinajstić information content (AvgIpc) is 2.49. The molecular weight excluding hydrogens is 259 g/mol. The number of carbonyl (C=O) groups excluding carboxylic acids is 1. The quantitative estimate of drug-likeness (QED) is 0.684. The van der Waals surface area contributed by atoms with Gasteiger partial charge in [-0.05, 0) is 37.7 Å². The summed E-state index contributed by atoms with van der Waals surface area (Å²) in [5.41, 5.74) is 1.75. The predicted octanol–water partition coefficient (Wildman–Crippen LogP) is 2.64. The van der Waals surface area contributed by atoms with Crippen LogP contribution in [0.2, 0.25) is 0 Å². The zero-order valence-corrected chi connectivity index (χ0v) is 12.9. The van der Waals surface area contributed by atoms with Gasteiger partial charge in [0.25, 0.3) is 0 Å². The van der Waals surface area contributed by atoms with Crippen LogP contribution < -0.4 is 10.2 Å². The van der Waals surface area contributed by atoms with Crippen LogP contribution in [0.3, 0.4) is 0 Å². The van der Waals surface area contributed by atoms with E-state index in [1.165, 1.54) is 38.5 Å². The molecular formula is C18H23BO2. The number of fused-ring (bicyclic) bond motifs is 3. The molecule has 3 atom stereocenters. The topological polar surface area (TPSA) is 26.3 Å². The van der Waals surface area contributed by atoms with Gasteiger partial charge in [-0.3, -0.25) is 4.79 Å². The summed E-state index contributed by atoms with van der Waals surface area (Å²) in [6, 6.07) is 6.06. The van der Waals surface area contributed by atoms with Crippen LogP contribution in [-0.4, -0.2) is 19.2 Å². The second-order valence-electron chi connectivity index (χ2n) is 7.31. The van der Waals surface area contributed by atoms with Gasteiger partial charge in [-0.15, -0.1) is 0 Å². The SMILES string of the molecule is Bc1ccc2c(c1)C(=O)CC1(CCCC3CCCCC31)O2. The summed E-state index contributed by atoms with van der Waals surface area (Å²) >= 11 is 0. The number of hydrogen-bond acceptors (Lipinski definition) is 2. The Hall–Kier alpha value is -1.25. The first-order valence-electron chi connectivity index (χ1n) is 8.51. The number of rotatable bonds is 0. The third-order valence-electron chi connectivity index (χ3n) is 5.97. The monoisotopic (exact) mass is 282 g/mol. The number of ether oxygens (including phenoxy) is 1. The lowest BCUT2D eigenvalue weighted by atomic mass is 9.61. The molecule has 1 aliphatic heterocycles. The Labute approximate surface area is 127 Å². The normalized spacial score (nSPS) is 35.0. The van der Waals surface area contributed by atoms with Crippen LogP contribution in [0.15, 0.2) is 18.2 Å². The van der Waals surface area contributed by atoms with Crippen molar-refractivity contribution in [1.82, 2.24) is 0 Å². The molecule has 0 aromatic heterocycles. The number of carbonyl (C=O) groups is 1. The maximum absolute atomic E-state index is 12.7. The van der Waals surface area contributed by atoms with E-state index in [1.54, 1.807) is 0 Å². The Kier molecular flexibility index (Phi) is 3.13. The molecule has 4 rings (SSSR count). The van der Waals surface area contributed by atoms with Crippen molar-refractivity contribution in [3.05, 3.63) is 23.8 Å². The highest BCUT2D eigenvalue weighted by Crippen LogP contribution is 2.51. The second kappa shape index (κ2) is 4.89. The maximum atomic E-state index is 12.7. The third kappa shape index (κ3) is 2.13. The first kappa shape index (κ1) is 13.4. The first-order valence-corrected chi connectivity index (χ1v) is 8.51. The van der Waals surface area contributed by atoms with Gasteiger partial charge in [0, 0.05) is 5.92 Å². The van der Waals surface area contributed by atoms with Crippen LogP contribution >= 0.6 is 0 Å². The van der Waals surface area contributed by atoms with Crippen molar-refractivity contribution in [1.29, 1.82) is 0 Å². The molecule has 0 N–H and O–H groups in total. The lowest BCUT2D eigenvalue weighted by Gasteiger charge is -2.51. The molecule has 0 bridgehead atoms. The van der Waals surface area contributed by atoms with Gasteiger partial charge in [-0.1, -0.05) is 36.9 Å². The van der Waals surface area contributed by atoms with Crippen molar-refractivity contribution in [2.45, 2.75) is 57.0 Å². The average molecular weight is 282 g/mol. The highest BCUT2D eigenvalue weighted by atomic mass is 16.5. The molecule has 0 radical (unpaired) electrons. The van der Waals surface area contributed by atoms with E-state index in [1.807, 2.05) is 20.0 Å². The van der Waals surface area contributed by atoms with Crippen molar-refractivity contribution in [2.24, 2.45) is 11.8 Å². The summed E-state index contributed by atoms with van der Waals surface area (Å²) < 4.78 is 6.53. The zero-order valence-electron chi connectivity index (χ0n) is 12.9. The van der Waals surface area contributed by atoms with E-state index < -0.39 is 0 Å². The van der Waals surface area contributed by atoms with E-state index >= 15 is 0 Å². The van der Waals surface area contributed by atoms with Crippen LogP contribution in [0.4, 0.5) is 0 Å². The van der Waals surface area contributed by atoms with Crippen molar-refractivity contribution in [2.75, 3.05) is 0 Å². The van der Waals surface area contributed by atoms with Crippen LogP contribution in [-0.2, 0) is 0 Å². The molecule has 2 nitrogen and oxygen atoms in total. The minimum atomic E-state index is -0.192. The summed E-state index contributed by atoms with van der Waals surface area (Å²) in [4.78, 5) is 12.7. The molecule has 2 saturated carbocycles. The molecule has 1 spiro atoms. The minimum absolute atomic E-state index is 0.192. The van der Waals surface area contributed by atoms with Crippen molar-refractivity contribution < 1.29 is 9.53 Å². The molecule has 1 heterocycles. The molecule has 2 aliphatic carbocycles. The zero-order chi connectivity index (χ0) is 14.4. The van der Waals surface area contributed by atoms with Gasteiger partial charge in [-0.25, -0.2) is 0 Å². The Morgan fingerprint density at radius 3 is 2.86 bits per heavy atom. The van der Waals surface area contributed by atoms with Crippen molar-refractivity contribution in [3.63, 3.8) is 0 Å². The van der Waals surface area contributed by atoms with Gasteiger partial charge in [0.15, 0.2) is 5.78 Å². The van der Waals surface area contributed by atoms with Crippen LogP contribution in [0.25, 0.3) is 0 Å². The smallest absolute Gasteiger partial charge is 0.170 e. The van der Waals surface area contributed by atoms with E-state index in [0.717, 1.165) is 29.1 Å². The molecule has 0 amide bonds. The summed E-state index contributed by atoms with van der Waals surface area (Å²) in [6.45, 7) is 0. The van der Waals surface area contributed by atoms with Gasteiger partial charge >= 0.3 is 0 Å². The van der Waals surface area contributed by atoms with Crippen LogP contribution in [0.5, 0.6) is 5.75 Å². The van der Waals surface area contributed by atoms with E-state index in [9.17, 15) is 4.79 Å².